The third kappa shape index (κ3) is 2.08. The van der Waals surface area contributed by atoms with E-state index in [1.54, 1.807) is 25.1 Å². The SMILES string of the molecule is CC[S@@](=N)(=O)c1cccc(Br)c1. The lowest BCUT2D eigenvalue weighted by Crippen LogP contribution is -2.00. The van der Waals surface area contributed by atoms with Crippen molar-refractivity contribution in [2.75, 3.05) is 5.75 Å². The lowest BCUT2D eigenvalue weighted by atomic mass is 10.4. The van der Waals surface area contributed by atoms with Gasteiger partial charge in [0.15, 0.2) is 0 Å². The molecular formula is C8H10BrNOS. The molecule has 0 bridgehead atoms. The predicted molar refractivity (Wildman–Crippen MR) is 53.8 cm³/mol. The Kier molecular flexibility index (Phi) is 2.90. The van der Waals surface area contributed by atoms with Crippen LogP contribution < -0.4 is 0 Å². The highest BCUT2D eigenvalue weighted by Gasteiger charge is 2.06. The van der Waals surface area contributed by atoms with Crippen molar-refractivity contribution in [3.05, 3.63) is 28.7 Å². The van der Waals surface area contributed by atoms with Crippen LogP contribution in [0.3, 0.4) is 0 Å². The van der Waals surface area contributed by atoms with Crippen molar-refractivity contribution in [1.29, 1.82) is 4.78 Å². The van der Waals surface area contributed by atoms with Crippen molar-refractivity contribution in [1.82, 2.24) is 0 Å². The van der Waals surface area contributed by atoms with Crippen LogP contribution in [0, 0.1) is 4.78 Å². The standard InChI is InChI=1S/C8H10BrNOS/c1-2-12(10,11)8-5-3-4-7(9)6-8/h3-6,10H,2H2,1H3/t12-/m1/s1. The first-order valence-electron chi connectivity index (χ1n) is 3.58. The molecule has 4 heteroatoms. The van der Waals surface area contributed by atoms with Gasteiger partial charge < -0.3 is 0 Å². The molecule has 1 aromatic rings. The summed E-state index contributed by atoms with van der Waals surface area (Å²) in [5.74, 6) is 0.365. The van der Waals surface area contributed by atoms with E-state index in [1.807, 2.05) is 6.07 Å². The molecule has 0 aliphatic heterocycles. The average molecular weight is 248 g/mol. The van der Waals surface area contributed by atoms with E-state index >= 15 is 0 Å². The molecule has 0 aromatic heterocycles. The largest absolute Gasteiger partial charge is 0.249 e. The average Bonchev–Trinajstić information content (AvgIpc) is 2.05. The van der Waals surface area contributed by atoms with Crippen molar-refractivity contribution < 1.29 is 4.21 Å². The Morgan fingerprint density at radius 2 is 2.25 bits per heavy atom. The molecule has 1 rings (SSSR count). The molecular weight excluding hydrogens is 238 g/mol. The third-order valence-corrected chi connectivity index (χ3v) is 3.91. The smallest absolute Gasteiger partial charge is 0.0723 e. The van der Waals surface area contributed by atoms with Crippen molar-refractivity contribution in [2.24, 2.45) is 0 Å². The van der Waals surface area contributed by atoms with E-state index in [0.29, 0.717) is 10.6 Å². The summed E-state index contributed by atoms with van der Waals surface area (Å²) in [7, 11) is -2.55. The van der Waals surface area contributed by atoms with Crippen LogP contribution in [0.5, 0.6) is 0 Å². The molecule has 0 radical (unpaired) electrons. The summed E-state index contributed by atoms with van der Waals surface area (Å²) in [6.45, 7) is 1.76. The summed E-state index contributed by atoms with van der Waals surface area (Å²) in [5.41, 5.74) is 0. The minimum Gasteiger partial charge on any atom is -0.249 e. The highest BCUT2D eigenvalue weighted by atomic mass is 79.9. The van der Waals surface area contributed by atoms with Gasteiger partial charge in [-0.1, -0.05) is 28.9 Å². The van der Waals surface area contributed by atoms with Gasteiger partial charge in [-0.25, -0.2) is 8.99 Å². The number of rotatable bonds is 2. The van der Waals surface area contributed by atoms with E-state index in [1.165, 1.54) is 0 Å². The van der Waals surface area contributed by atoms with E-state index < -0.39 is 9.73 Å². The molecule has 0 spiro atoms. The molecule has 0 fully saturated rings. The zero-order chi connectivity index (χ0) is 9.19. The third-order valence-electron chi connectivity index (χ3n) is 1.58. The topological polar surface area (TPSA) is 40.9 Å². The van der Waals surface area contributed by atoms with Crippen molar-refractivity contribution in [3.8, 4) is 0 Å². The summed E-state index contributed by atoms with van der Waals surface area (Å²) in [6, 6.07) is 7.11. The van der Waals surface area contributed by atoms with Gasteiger partial charge in [-0.3, -0.25) is 0 Å². The van der Waals surface area contributed by atoms with Gasteiger partial charge in [-0.05, 0) is 18.2 Å². The van der Waals surface area contributed by atoms with Gasteiger partial charge in [0.05, 0.1) is 9.73 Å². The molecule has 12 heavy (non-hydrogen) atoms. The fraction of sp³-hybridized carbons (Fsp3) is 0.250. The molecule has 2 nitrogen and oxygen atoms in total. The normalized spacial score (nSPS) is 15.5. The first kappa shape index (κ1) is 9.74. The molecule has 0 aliphatic carbocycles. The Hall–Kier alpha value is -0.350. The summed E-state index contributed by atoms with van der Waals surface area (Å²) < 4.78 is 19.9. The molecule has 0 aliphatic rings. The summed E-state index contributed by atoms with van der Waals surface area (Å²) in [4.78, 5) is 0.597. The highest BCUT2D eigenvalue weighted by molar-refractivity contribution is 9.10. The monoisotopic (exact) mass is 247 g/mol. The van der Waals surface area contributed by atoms with Gasteiger partial charge in [0.25, 0.3) is 0 Å². The van der Waals surface area contributed by atoms with Crippen LogP contribution in [0.1, 0.15) is 6.92 Å². The Morgan fingerprint density at radius 1 is 1.58 bits per heavy atom. The number of hydrogen-bond acceptors (Lipinski definition) is 2. The Morgan fingerprint density at radius 3 is 2.75 bits per heavy atom. The van der Waals surface area contributed by atoms with E-state index in [4.69, 9.17) is 4.78 Å². The lowest BCUT2D eigenvalue weighted by molar-refractivity contribution is 0.675. The van der Waals surface area contributed by atoms with Crippen LogP contribution in [0.4, 0.5) is 0 Å². The quantitative estimate of drug-likeness (QED) is 0.858. The van der Waals surface area contributed by atoms with Crippen LogP contribution in [-0.4, -0.2) is 9.96 Å². The Labute approximate surface area is 81.1 Å². The van der Waals surface area contributed by atoms with Crippen LogP contribution in [0.25, 0.3) is 0 Å². The van der Waals surface area contributed by atoms with Crippen molar-refractivity contribution in [2.45, 2.75) is 11.8 Å². The van der Waals surface area contributed by atoms with E-state index in [9.17, 15) is 4.21 Å². The second-order valence-corrected chi connectivity index (χ2v) is 5.74. The van der Waals surface area contributed by atoms with Gasteiger partial charge in [0.1, 0.15) is 0 Å². The maximum Gasteiger partial charge on any atom is 0.0723 e. The molecule has 0 saturated carbocycles. The van der Waals surface area contributed by atoms with E-state index in [-0.39, 0.29) is 0 Å². The molecule has 0 saturated heterocycles. The molecule has 66 valence electrons. The van der Waals surface area contributed by atoms with Crippen LogP contribution in [0.2, 0.25) is 0 Å². The Bertz CT molecular complexity index is 372. The van der Waals surface area contributed by atoms with Crippen LogP contribution >= 0.6 is 15.9 Å². The zero-order valence-corrected chi connectivity index (χ0v) is 9.11. The fourth-order valence-electron chi connectivity index (χ4n) is 0.839. The maximum atomic E-state index is 11.6. The van der Waals surface area contributed by atoms with Gasteiger partial charge in [0, 0.05) is 15.1 Å². The summed E-state index contributed by atoms with van der Waals surface area (Å²) in [6.07, 6.45) is 0. The number of nitrogens with one attached hydrogen (secondary N) is 1. The molecule has 1 aromatic carbocycles. The highest BCUT2D eigenvalue weighted by Crippen LogP contribution is 2.17. The van der Waals surface area contributed by atoms with Crippen LogP contribution in [-0.2, 0) is 9.73 Å². The van der Waals surface area contributed by atoms with Gasteiger partial charge in [-0.2, -0.15) is 0 Å². The van der Waals surface area contributed by atoms with E-state index in [0.717, 1.165) is 4.47 Å². The first-order valence-corrected chi connectivity index (χ1v) is 6.10. The molecule has 0 heterocycles. The fourth-order valence-corrected chi connectivity index (χ4v) is 2.34. The Balaban J connectivity index is 3.21. The first-order chi connectivity index (χ1) is 5.56. The van der Waals surface area contributed by atoms with Gasteiger partial charge in [0.2, 0.25) is 0 Å². The van der Waals surface area contributed by atoms with E-state index in [2.05, 4.69) is 15.9 Å². The molecule has 1 atom stereocenters. The lowest BCUT2D eigenvalue weighted by Gasteiger charge is -2.03. The molecule has 0 unspecified atom stereocenters. The van der Waals surface area contributed by atoms with Crippen molar-refractivity contribution >= 4 is 25.7 Å². The van der Waals surface area contributed by atoms with Gasteiger partial charge >= 0.3 is 0 Å². The van der Waals surface area contributed by atoms with Crippen LogP contribution in [0.15, 0.2) is 33.6 Å². The minimum absolute atomic E-state index is 0.365. The number of halogens is 1. The predicted octanol–water partition coefficient (Wildman–Crippen LogP) is 2.87. The molecule has 0 amide bonds. The van der Waals surface area contributed by atoms with Crippen molar-refractivity contribution in [3.63, 3.8) is 0 Å². The number of hydrogen-bond donors (Lipinski definition) is 1. The minimum atomic E-state index is -2.55. The zero-order valence-electron chi connectivity index (χ0n) is 6.71. The maximum absolute atomic E-state index is 11.6. The molecule has 1 N–H and O–H groups in total. The summed E-state index contributed by atoms with van der Waals surface area (Å²) >= 11 is 3.27. The second-order valence-electron chi connectivity index (χ2n) is 2.42. The number of benzene rings is 1. The van der Waals surface area contributed by atoms with Gasteiger partial charge in [-0.15, -0.1) is 0 Å². The summed E-state index contributed by atoms with van der Waals surface area (Å²) in [5, 5.41) is 0. The second kappa shape index (κ2) is 3.58.